The van der Waals surface area contributed by atoms with Crippen molar-refractivity contribution >= 4 is 28.5 Å². The maximum atomic E-state index is 12.8. The molecular formula is C25H35N3O6S. The Balaban J connectivity index is 2.15. The van der Waals surface area contributed by atoms with E-state index in [9.17, 15) is 9.00 Å². The Labute approximate surface area is 209 Å². The first-order valence-corrected chi connectivity index (χ1v) is 12.5. The molecule has 2 aromatic rings. The number of benzene rings is 2. The fourth-order valence-corrected chi connectivity index (χ4v) is 4.25. The van der Waals surface area contributed by atoms with Gasteiger partial charge in [0.15, 0.2) is 0 Å². The largest absolute Gasteiger partial charge is 0.496 e. The van der Waals surface area contributed by atoms with Crippen molar-refractivity contribution in [3.63, 3.8) is 0 Å². The van der Waals surface area contributed by atoms with E-state index in [1.807, 2.05) is 0 Å². The van der Waals surface area contributed by atoms with Crippen molar-refractivity contribution in [3.05, 3.63) is 46.9 Å². The molecule has 35 heavy (non-hydrogen) atoms. The van der Waals surface area contributed by atoms with E-state index in [-0.39, 0.29) is 11.7 Å². The molecule has 2 aromatic carbocycles. The number of amides is 1. The lowest BCUT2D eigenvalue weighted by molar-refractivity contribution is -0.117. The van der Waals surface area contributed by atoms with Gasteiger partial charge in [0, 0.05) is 17.5 Å². The van der Waals surface area contributed by atoms with E-state index in [2.05, 4.69) is 5.32 Å². The quantitative estimate of drug-likeness (QED) is 0.334. The van der Waals surface area contributed by atoms with Gasteiger partial charge >= 0.3 is 0 Å². The second-order valence-electron chi connectivity index (χ2n) is 7.69. The maximum absolute atomic E-state index is 12.8. The smallest absolute Gasteiger partial charge is 0.241 e. The summed E-state index contributed by atoms with van der Waals surface area (Å²) in [5.74, 6) is 2.07. The van der Waals surface area contributed by atoms with Crippen LogP contribution >= 0.6 is 0 Å². The van der Waals surface area contributed by atoms with Crippen LogP contribution in [-0.4, -0.2) is 51.1 Å². The fraction of sp³-hybridized carbons (Fsp3) is 0.400. The number of hydrogen-bond donors (Lipinski definition) is 3. The molecule has 1 amide bonds. The van der Waals surface area contributed by atoms with Crippen LogP contribution in [0.5, 0.6) is 23.0 Å². The fourth-order valence-electron chi connectivity index (χ4n) is 3.36. The summed E-state index contributed by atoms with van der Waals surface area (Å²) < 4.78 is 34.3. The molecule has 0 radical (unpaired) electrons. The van der Waals surface area contributed by atoms with Gasteiger partial charge in [0.1, 0.15) is 23.0 Å². The first-order valence-electron chi connectivity index (χ1n) is 11.2. The van der Waals surface area contributed by atoms with Gasteiger partial charge < -0.3 is 35.7 Å². The molecule has 1 unspecified atom stereocenters. The van der Waals surface area contributed by atoms with Crippen LogP contribution in [0.15, 0.2) is 35.7 Å². The number of nitrogens with one attached hydrogen (secondary N) is 1. The molecule has 0 heterocycles. The first-order chi connectivity index (χ1) is 16.9. The van der Waals surface area contributed by atoms with Crippen molar-refractivity contribution in [1.82, 2.24) is 0 Å². The van der Waals surface area contributed by atoms with Gasteiger partial charge in [0.25, 0.3) is 0 Å². The number of nitrogens with two attached hydrogens (primary N) is 2. The number of methoxy groups -OCH3 is 4. The topological polar surface area (TPSA) is 135 Å². The molecule has 0 aliphatic heterocycles. The van der Waals surface area contributed by atoms with E-state index in [4.69, 9.17) is 30.4 Å². The average Bonchev–Trinajstić information content (AvgIpc) is 2.87. The number of ether oxygens (including phenoxy) is 4. The lowest BCUT2D eigenvalue weighted by Gasteiger charge is -2.15. The number of unbranched alkanes of at least 4 members (excludes halogenated alkanes) is 1. The van der Waals surface area contributed by atoms with E-state index >= 15 is 0 Å². The molecule has 2 atom stereocenters. The zero-order valence-corrected chi connectivity index (χ0v) is 21.5. The highest BCUT2D eigenvalue weighted by Crippen LogP contribution is 2.35. The van der Waals surface area contributed by atoms with Crippen molar-refractivity contribution in [2.24, 2.45) is 11.5 Å². The van der Waals surface area contributed by atoms with Gasteiger partial charge in [-0.05, 0) is 43.2 Å². The highest BCUT2D eigenvalue weighted by molar-refractivity contribution is 7.87. The number of rotatable bonds is 14. The van der Waals surface area contributed by atoms with Crippen LogP contribution in [0.1, 0.15) is 30.4 Å². The molecule has 192 valence electrons. The molecule has 0 saturated carbocycles. The Hall–Kier alpha value is -3.08. The second kappa shape index (κ2) is 14.3. The summed E-state index contributed by atoms with van der Waals surface area (Å²) in [5.41, 5.74) is 13.4. The normalized spacial score (nSPS) is 12.7. The molecule has 0 aliphatic carbocycles. The molecule has 0 spiro atoms. The van der Waals surface area contributed by atoms with E-state index < -0.39 is 16.8 Å². The Bertz CT molecular complexity index is 1020. The summed E-state index contributed by atoms with van der Waals surface area (Å²) in [6.45, 7) is 0.563. The summed E-state index contributed by atoms with van der Waals surface area (Å²) in [7, 11) is 4.80. The number of anilines is 1. The van der Waals surface area contributed by atoms with Crippen LogP contribution in [0.4, 0.5) is 5.69 Å². The zero-order chi connectivity index (χ0) is 25.8. The molecule has 0 aliphatic rings. The van der Waals surface area contributed by atoms with Gasteiger partial charge in [-0.25, -0.2) is 0 Å². The summed E-state index contributed by atoms with van der Waals surface area (Å²) in [4.78, 5) is 12.5. The summed E-state index contributed by atoms with van der Waals surface area (Å²) >= 11 is 0. The minimum atomic E-state index is -1.36. The van der Waals surface area contributed by atoms with Gasteiger partial charge in [-0.1, -0.05) is 12.5 Å². The minimum Gasteiger partial charge on any atom is -0.496 e. The Kier molecular flexibility index (Phi) is 11.5. The van der Waals surface area contributed by atoms with Crippen LogP contribution in [0.2, 0.25) is 0 Å². The molecule has 0 saturated heterocycles. The third-order valence-electron chi connectivity index (χ3n) is 5.28. The molecular weight excluding hydrogens is 470 g/mol. The van der Waals surface area contributed by atoms with Gasteiger partial charge in [0.05, 0.1) is 62.3 Å². The predicted molar refractivity (Wildman–Crippen MR) is 139 cm³/mol. The summed E-state index contributed by atoms with van der Waals surface area (Å²) in [6.07, 6.45) is 3.82. The lowest BCUT2D eigenvalue weighted by atomic mass is 10.1. The molecule has 2 rings (SSSR count). The Morgan fingerprint density at radius 1 is 1.00 bits per heavy atom. The van der Waals surface area contributed by atoms with Crippen molar-refractivity contribution in [3.8, 4) is 23.0 Å². The van der Waals surface area contributed by atoms with Crippen LogP contribution < -0.4 is 35.7 Å². The first kappa shape index (κ1) is 28.2. The van der Waals surface area contributed by atoms with E-state index in [0.717, 1.165) is 18.4 Å². The van der Waals surface area contributed by atoms with Gasteiger partial charge in [-0.3, -0.25) is 9.00 Å². The van der Waals surface area contributed by atoms with Crippen molar-refractivity contribution < 1.29 is 28.0 Å². The Morgan fingerprint density at radius 3 is 2.23 bits per heavy atom. The molecule has 0 fully saturated rings. The van der Waals surface area contributed by atoms with Gasteiger partial charge in [0.2, 0.25) is 5.91 Å². The Morgan fingerprint density at radius 2 is 1.66 bits per heavy atom. The molecule has 0 aromatic heterocycles. The van der Waals surface area contributed by atoms with Crippen LogP contribution in [0.3, 0.4) is 0 Å². The maximum Gasteiger partial charge on any atom is 0.241 e. The monoisotopic (exact) mass is 505 g/mol. The third kappa shape index (κ3) is 8.27. The molecule has 9 nitrogen and oxygen atoms in total. The van der Waals surface area contributed by atoms with E-state index in [0.29, 0.717) is 47.2 Å². The standard InChI is InChI=1S/C25H35N3O6S/c1-31-18-14-23(33-3)19(24(15-18)34-4)10-12-35(30)16-17-8-9-22(32-2)21(13-17)28-25(29)20(27)7-5-6-11-26/h8-10,12-15,20H,5-7,11,16,26-27H2,1-4H3,(H,28,29)/t20-,35?/m1/s1. The second-order valence-corrected chi connectivity index (χ2v) is 9.01. The van der Waals surface area contributed by atoms with Crippen molar-refractivity contribution in [2.45, 2.75) is 31.1 Å². The van der Waals surface area contributed by atoms with Gasteiger partial charge in [-0.15, -0.1) is 0 Å². The SMILES string of the molecule is COc1cc(OC)c(C=CS(=O)Cc2ccc(OC)c(NC(=O)[C@H](N)CCCCN)c2)c(OC)c1. The highest BCUT2D eigenvalue weighted by atomic mass is 32.2. The van der Waals surface area contributed by atoms with Crippen molar-refractivity contribution in [1.29, 1.82) is 0 Å². The minimum absolute atomic E-state index is 0.229. The zero-order valence-electron chi connectivity index (χ0n) is 20.7. The molecule has 5 N–H and O–H groups in total. The average molecular weight is 506 g/mol. The summed E-state index contributed by atoms with van der Waals surface area (Å²) in [5, 5.41) is 4.39. The van der Waals surface area contributed by atoms with Crippen LogP contribution in [-0.2, 0) is 21.3 Å². The van der Waals surface area contributed by atoms with E-state index in [1.54, 1.807) is 63.1 Å². The number of hydrogen-bond acceptors (Lipinski definition) is 8. The highest BCUT2D eigenvalue weighted by Gasteiger charge is 2.16. The predicted octanol–water partition coefficient (Wildman–Crippen LogP) is 3.04. The van der Waals surface area contributed by atoms with Crippen molar-refractivity contribution in [2.75, 3.05) is 40.3 Å². The van der Waals surface area contributed by atoms with Crippen LogP contribution in [0.25, 0.3) is 6.08 Å². The molecule has 10 heteroatoms. The number of carbonyl (C=O) groups is 1. The van der Waals surface area contributed by atoms with Gasteiger partial charge in [-0.2, -0.15) is 0 Å². The lowest BCUT2D eigenvalue weighted by Crippen LogP contribution is -2.35. The summed E-state index contributed by atoms with van der Waals surface area (Å²) in [6, 6.07) is 8.07. The van der Waals surface area contributed by atoms with Crippen LogP contribution in [0, 0.1) is 0 Å². The third-order valence-corrected chi connectivity index (χ3v) is 6.33. The number of carbonyl (C=O) groups excluding carboxylic acids is 1. The molecule has 0 bridgehead atoms. The van der Waals surface area contributed by atoms with E-state index in [1.165, 1.54) is 7.11 Å².